The minimum absolute atomic E-state index is 0.0980. The van der Waals surface area contributed by atoms with Gasteiger partial charge in [0, 0.05) is 31.4 Å². The summed E-state index contributed by atoms with van der Waals surface area (Å²) in [4.78, 5) is 42.5. The lowest BCUT2D eigenvalue weighted by atomic mass is 10.1. The van der Waals surface area contributed by atoms with Crippen LogP contribution in [0, 0.1) is 27.7 Å². The number of aromatic nitrogens is 2. The highest BCUT2D eigenvalue weighted by molar-refractivity contribution is 5.96. The number of hydrogen-bond donors (Lipinski definition) is 1. The Balaban J connectivity index is 1.39. The van der Waals surface area contributed by atoms with Gasteiger partial charge < -0.3 is 24.6 Å². The minimum Gasteiger partial charge on any atom is -0.457 e. The molecule has 2 aliphatic heterocycles. The van der Waals surface area contributed by atoms with Gasteiger partial charge in [-0.05, 0) is 68.7 Å². The van der Waals surface area contributed by atoms with Crippen molar-refractivity contribution in [2.24, 2.45) is 0 Å². The molecule has 1 saturated heterocycles. The van der Waals surface area contributed by atoms with Crippen LogP contribution in [0.25, 0.3) is 0 Å². The molecule has 3 amide bonds. The highest BCUT2D eigenvalue weighted by Gasteiger charge is 2.37. The van der Waals surface area contributed by atoms with Crippen molar-refractivity contribution < 1.29 is 23.9 Å². The molecule has 1 N–H and O–H groups in total. The lowest BCUT2D eigenvalue weighted by molar-refractivity contribution is -0.131. The number of amides is 3. The number of likely N-dealkylation sites (tertiary alicyclic amines) is 1. The molecule has 0 radical (unpaired) electrons. The van der Waals surface area contributed by atoms with Gasteiger partial charge in [-0.3, -0.25) is 19.1 Å². The van der Waals surface area contributed by atoms with Gasteiger partial charge in [0.1, 0.15) is 18.0 Å². The van der Waals surface area contributed by atoms with Crippen molar-refractivity contribution in [1.29, 1.82) is 0 Å². The molecule has 3 aromatic rings. The fourth-order valence-corrected chi connectivity index (χ4v) is 5.09. The second-order valence-corrected chi connectivity index (χ2v) is 10.7. The van der Waals surface area contributed by atoms with E-state index in [2.05, 4.69) is 10.4 Å². The average molecular weight is 546 g/mol. The number of ether oxygens (including phenoxy) is 2. The molecule has 2 aliphatic rings. The van der Waals surface area contributed by atoms with E-state index in [4.69, 9.17) is 9.47 Å². The Morgan fingerprint density at radius 3 is 2.62 bits per heavy atom. The highest BCUT2D eigenvalue weighted by atomic mass is 16.5. The Bertz CT molecular complexity index is 1460. The van der Waals surface area contributed by atoms with Crippen LogP contribution in [-0.4, -0.2) is 76.1 Å². The lowest BCUT2D eigenvalue weighted by Crippen LogP contribution is -2.48. The number of nitrogens with zero attached hydrogens (tertiary/aromatic N) is 4. The molecule has 2 aromatic carbocycles. The van der Waals surface area contributed by atoms with Gasteiger partial charge in [-0.15, -0.1) is 0 Å². The second-order valence-electron chi connectivity index (χ2n) is 10.7. The second kappa shape index (κ2) is 11.1. The van der Waals surface area contributed by atoms with E-state index in [0.717, 1.165) is 28.1 Å². The third kappa shape index (κ3) is 5.72. The molecule has 0 aliphatic carbocycles. The van der Waals surface area contributed by atoms with Gasteiger partial charge in [0.15, 0.2) is 0 Å². The van der Waals surface area contributed by atoms with E-state index >= 15 is 0 Å². The van der Waals surface area contributed by atoms with Crippen LogP contribution < -0.4 is 10.1 Å². The van der Waals surface area contributed by atoms with Gasteiger partial charge >= 0.3 is 0 Å². The first-order valence-electron chi connectivity index (χ1n) is 13.4. The summed E-state index contributed by atoms with van der Waals surface area (Å²) < 4.78 is 14.1. The Labute approximate surface area is 233 Å². The van der Waals surface area contributed by atoms with Crippen molar-refractivity contribution in [3.63, 3.8) is 0 Å². The van der Waals surface area contributed by atoms with Crippen LogP contribution in [0.4, 0.5) is 0 Å². The van der Waals surface area contributed by atoms with E-state index in [9.17, 15) is 14.4 Å². The summed E-state index contributed by atoms with van der Waals surface area (Å²) in [5, 5.41) is 7.50. The fraction of sp³-hybridized carbons (Fsp3) is 0.400. The maximum atomic E-state index is 13.3. The van der Waals surface area contributed by atoms with Crippen LogP contribution in [0.1, 0.15) is 38.4 Å². The standard InChI is InChI=1S/C30H35N5O5/c1-18-9-10-23-12-26(18)40-24-8-6-7-22(11-24)17-39-27-14-34(13-25(27)31-28(36)15-33(5)30(23)38)29(37)16-35-21(4)19(2)20(3)32-35/h6-12,25,27H,13-17H2,1-5H3,(H,31,36)/t25-,27-/m0/s1. The van der Waals surface area contributed by atoms with Crippen LogP contribution >= 0.6 is 0 Å². The van der Waals surface area contributed by atoms with Crippen LogP contribution in [0.3, 0.4) is 0 Å². The molecule has 1 fully saturated rings. The van der Waals surface area contributed by atoms with Crippen LogP contribution in [0.2, 0.25) is 0 Å². The van der Waals surface area contributed by atoms with Gasteiger partial charge in [-0.25, -0.2) is 0 Å². The zero-order chi connectivity index (χ0) is 28.6. The fourth-order valence-electron chi connectivity index (χ4n) is 5.09. The van der Waals surface area contributed by atoms with E-state index in [0.29, 0.717) is 30.2 Å². The number of fused-ring (bicyclic) bond motifs is 5. The number of carbonyl (C=O) groups is 3. The van der Waals surface area contributed by atoms with E-state index in [1.165, 1.54) is 4.90 Å². The molecule has 210 valence electrons. The zero-order valence-corrected chi connectivity index (χ0v) is 23.6. The van der Waals surface area contributed by atoms with Crippen molar-refractivity contribution in [2.75, 3.05) is 26.7 Å². The first-order chi connectivity index (χ1) is 19.1. The Hall–Kier alpha value is -4.18. The van der Waals surface area contributed by atoms with Crippen molar-refractivity contribution in [3.05, 3.63) is 76.1 Å². The third-order valence-corrected chi connectivity index (χ3v) is 7.75. The molecule has 0 spiro atoms. The molecular weight excluding hydrogens is 510 g/mol. The van der Waals surface area contributed by atoms with E-state index in [1.807, 2.05) is 58.0 Å². The van der Waals surface area contributed by atoms with Gasteiger partial charge in [0.25, 0.3) is 5.91 Å². The Morgan fingerprint density at radius 2 is 1.88 bits per heavy atom. The Kier molecular flexibility index (Phi) is 7.62. The van der Waals surface area contributed by atoms with Crippen LogP contribution in [0.15, 0.2) is 42.5 Å². The van der Waals surface area contributed by atoms with Crippen molar-refractivity contribution in [1.82, 2.24) is 24.9 Å². The number of benzene rings is 2. The average Bonchev–Trinajstić information content (AvgIpc) is 3.43. The topological polar surface area (TPSA) is 106 Å². The van der Waals surface area contributed by atoms with E-state index in [1.54, 1.807) is 28.8 Å². The molecule has 0 unspecified atom stereocenters. The third-order valence-electron chi connectivity index (χ3n) is 7.75. The van der Waals surface area contributed by atoms with Crippen LogP contribution in [-0.2, 0) is 27.5 Å². The summed E-state index contributed by atoms with van der Waals surface area (Å²) in [5.74, 6) is 0.478. The maximum absolute atomic E-state index is 13.3. The zero-order valence-electron chi connectivity index (χ0n) is 23.6. The minimum atomic E-state index is -0.430. The number of aryl methyl sites for hydroxylation is 2. The maximum Gasteiger partial charge on any atom is 0.254 e. The molecule has 1 aromatic heterocycles. The number of carbonyl (C=O) groups excluding carboxylic acids is 3. The van der Waals surface area contributed by atoms with Crippen molar-refractivity contribution in [3.8, 4) is 11.5 Å². The summed E-state index contributed by atoms with van der Waals surface area (Å²) in [7, 11) is 1.59. The van der Waals surface area contributed by atoms with Gasteiger partial charge in [-0.2, -0.15) is 5.10 Å². The normalized spacial score (nSPS) is 19.7. The number of rotatable bonds is 2. The molecule has 0 saturated carbocycles. The van der Waals surface area contributed by atoms with Gasteiger partial charge in [-0.1, -0.05) is 18.2 Å². The van der Waals surface area contributed by atoms with Crippen molar-refractivity contribution >= 4 is 17.7 Å². The number of likely N-dealkylation sites (N-methyl/N-ethyl adjacent to an activating group) is 1. The number of hydrogen-bond acceptors (Lipinski definition) is 6. The molecule has 3 heterocycles. The Morgan fingerprint density at radius 1 is 1.07 bits per heavy atom. The van der Waals surface area contributed by atoms with Crippen LogP contribution in [0.5, 0.6) is 11.5 Å². The molecule has 10 nitrogen and oxygen atoms in total. The largest absolute Gasteiger partial charge is 0.457 e. The predicted octanol–water partition coefficient (Wildman–Crippen LogP) is 2.91. The summed E-state index contributed by atoms with van der Waals surface area (Å²) in [6, 6.07) is 12.4. The smallest absolute Gasteiger partial charge is 0.254 e. The SMILES string of the molecule is Cc1ccc2cc1Oc1cccc(c1)CO[C@H]1CN(C(=O)Cn3nc(C)c(C)c3C)C[C@@H]1NC(=O)CN(C)C2=O. The van der Waals surface area contributed by atoms with Gasteiger partial charge in [0.2, 0.25) is 11.8 Å². The highest BCUT2D eigenvalue weighted by Crippen LogP contribution is 2.28. The predicted molar refractivity (Wildman–Crippen MR) is 148 cm³/mol. The molecule has 5 rings (SSSR count). The summed E-state index contributed by atoms with van der Waals surface area (Å²) in [5.41, 5.74) is 5.12. The monoisotopic (exact) mass is 545 g/mol. The summed E-state index contributed by atoms with van der Waals surface area (Å²) in [6.45, 7) is 8.67. The van der Waals surface area contributed by atoms with Crippen molar-refractivity contribution in [2.45, 2.75) is 53.0 Å². The number of nitrogens with one attached hydrogen (secondary N) is 1. The lowest BCUT2D eigenvalue weighted by Gasteiger charge is -2.23. The molecule has 4 bridgehead atoms. The van der Waals surface area contributed by atoms with Gasteiger partial charge in [0.05, 0.1) is 31.0 Å². The summed E-state index contributed by atoms with van der Waals surface area (Å²) >= 11 is 0. The molecular formula is C30H35N5O5. The first kappa shape index (κ1) is 27.4. The first-order valence-corrected chi connectivity index (χ1v) is 13.4. The summed E-state index contributed by atoms with van der Waals surface area (Å²) in [6.07, 6.45) is -0.427. The molecule has 40 heavy (non-hydrogen) atoms. The van der Waals surface area contributed by atoms with E-state index < -0.39 is 12.1 Å². The molecule has 2 atom stereocenters. The van der Waals surface area contributed by atoms with E-state index in [-0.39, 0.29) is 37.4 Å². The molecule has 10 heteroatoms. The quantitative estimate of drug-likeness (QED) is 0.531.